The fourth-order valence-corrected chi connectivity index (χ4v) is 3.31. The van der Waals surface area contributed by atoms with Crippen molar-refractivity contribution in [1.82, 2.24) is 15.5 Å². The molecule has 0 aromatic carbocycles. The van der Waals surface area contributed by atoms with E-state index >= 15 is 0 Å². The Bertz CT molecular complexity index is 313. The molecule has 2 aliphatic rings. The summed E-state index contributed by atoms with van der Waals surface area (Å²) in [5.41, 5.74) is 0.217. The van der Waals surface area contributed by atoms with Gasteiger partial charge >= 0.3 is 0 Å². The van der Waals surface area contributed by atoms with Gasteiger partial charge in [-0.3, -0.25) is 4.79 Å². The molecule has 2 rings (SSSR count). The molecular formula is C15H29N3O. The van der Waals surface area contributed by atoms with E-state index in [2.05, 4.69) is 36.6 Å². The molecule has 0 aromatic heterocycles. The smallest absolute Gasteiger partial charge is 0.237 e. The molecule has 1 saturated carbocycles. The number of nitrogens with one attached hydrogen (secondary N) is 2. The van der Waals surface area contributed by atoms with Gasteiger partial charge in [-0.25, -0.2) is 0 Å². The average Bonchev–Trinajstić information content (AvgIpc) is 2.37. The Balaban J connectivity index is 1.80. The molecule has 1 aliphatic heterocycles. The highest BCUT2D eigenvalue weighted by atomic mass is 16.2. The number of likely N-dealkylation sites (N-methyl/N-ethyl adjacent to an activating group) is 1. The Hall–Kier alpha value is -0.610. The van der Waals surface area contributed by atoms with Gasteiger partial charge in [0.2, 0.25) is 5.91 Å². The van der Waals surface area contributed by atoms with Crippen LogP contribution in [0, 0.1) is 5.92 Å². The third kappa shape index (κ3) is 3.29. The van der Waals surface area contributed by atoms with Gasteiger partial charge in [0.05, 0.1) is 6.04 Å². The fraction of sp³-hybridized carbons (Fsp3) is 0.933. The number of carbonyl (C=O) groups is 1. The van der Waals surface area contributed by atoms with E-state index in [0.717, 1.165) is 19.5 Å². The molecule has 1 saturated heterocycles. The summed E-state index contributed by atoms with van der Waals surface area (Å²) in [4.78, 5) is 14.6. The summed E-state index contributed by atoms with van der Waals surface area (Å²) >= 11 is 0. The predicted molar refractivity (Wildman–Crippen MR) is 78.1 cm³/mol. The number of nitrogens with zero attached hydrogens (tertiary/aromatic N) is 1. The van der Waals surface area contributed by atoms with E-state index in [1.54, 1.807) is 0 Å². The van der Waals surface area contributed by atoms with Crippen molar-refractivity contribution in [2.75, 3.05) is 27.2 Å². The van der Waals surface area contributed by atoms with Gasteiger partial charge in [-0.1, -0.05) is 13.3 Å². The maximum atomic E-state index is 12.3. The van der Waals surface area contributed by atoms with Gasteiger partial charge in [0.1, 0.15) is 0 Å². The van der Waals surface area contributed by atoms with Crippen LogP contribution >= 0.6 is 0 Å². The Morgan fingerprint density at radius 1 is 1.42 bits per heavy atom. The van der Waals surface area contributed by atoms with Crippen LogP contribution in [0.2, 0.25) is 0 Å². The van der Waals surface area contributed by atoms with E-state index in [-0.39, 0.29) is 17.5 Å². The second kappa shape index (κ2) is 6.23. The lowest BCUT2D eigenvalue weighted by molar-refractivity contribution is -0.125. The van der Waals surface area contributed by atoms with Crippen molar-refractivity contribution in [2.45, 2.75) is 57.0 Å². The molecule has 2 fully saturated rings. The van der Waals surface area contributed by atoms with Crippen LogP contribution in [0.4, 0.5) is 0 Å². The quantitative estimate of drug-likeness (QED) is 0.790. The highest BCUT2D eigenvalue weighted by molar-refractivity contribution is 5.81. The SMILES string of the molecule is CCC1CCNC(C(=O)NCC2(N(C)C)CCC2)C1. The molecule has 2 unspecified atom stereocenters. The zero-order valence-electron chi connectivity index (χ0n) is 12.7. The van der Waals surface area contributed by atoms with Gasteiger partial charge < -0.3 is 15.5 Å². The minimum Gasteiger partial charge on any atom is -0.353 e. The highest BCUT2D eigenvalue weighted by Gasteiger charge is 2.39. The first kappa shape index (κ1) is 14.8. The molecule has 1 aliphatic carbocycles. The van der Waals surface area contributed by atoms with E-state index in [1.165, 1.54) is 32.1 Å². The lowest BCUT2D eigenvalue weighted by Crippen LogP contribution is -2.59. The lowest BCUT2D eigenvalue weighted by atomic mass is 9.75. The van der Waals surface area contributed by atoms with Crippen LogP contribution in [0.1, 0.15) is 45.4 Å². The molecule has 0 bridgehead atoms. The van der Waals surface area contributed by atoms with Crippen molar-refractivity contribution in [3.8, 4) is 0 Å². The minimum absolute atomic E-state index is 0.0259. The third-order valence-corrected chi connectivity index (χ3v) is 5.23. The summed E-state index contributed by atoms with van der Waals surface area (Å²) in [6, 6.07) is 0.0259. The molecule has 0 aromatic rings. The first-order chi connectivity index (χ1) is 9.07. The van der Waals surface area contributed by atoms with E-state index in [1.807, 2.05) is 0 Å². The molecule has 1 heterocycles. The van der Waals surface area contributed by atoms with Crippen LogP contribution < -0.4 is 10.6 Å². The largest absolute Gasteiger partial charge is 0.353 e. The molecule has 0 radical (unpaired) electrons. The predicted octanol–water partition coefficient (Wildman–Crippen LogP) is 1.37. The van der Waals surface area contributed by atoms with Crippen molar-refractivity contribution < 1.29 is 4.79 Å². The summed E-state index contributed by atoms with van der Waals surface area (Å²) in [7, 11) is 4.24. The third-order valence-electron chi connectivity index (χ3n) is 5.23. The number of carbonyl (C=O) groups excluding carboxylic acids is 1. The summed E-state index contributed by atoms with van der Waals surface area (Å²) in [5.74, 6) is 0.912. The number of hydrogen-bond acceptors (Lipinski definition) is 3. The molecule has 2 atom stereocenters. The van der Waals surface area contributed by atoms with Gasteiger partial charge in [-0.05, 0) is 58.7 Å². The van der Waals surface area contributed by atoms with Gasteiger partial charge in [0.15, 0.2) is 0 Å². The Morgan fingerprint density at radius 2 is 2.16 bits per heavy atom. The van der Waals surface area contributed by atoms with Gasteiger partial charge in [-0.2, -0.15) is 0 Å². The zero-order valence-corrected chi connectivity index (χ0v) is 12.7. The van der Waals surface area contributed by atoms with Gasteiger partial charge in [-0.15, -0.1) is 0 Å². The molecule has 110 valence electrons. The highest BCUT2D eigenvalue weighted by Crippen LogP contribution is 2.35. The van der Waals surface area contributed by atoms with Crippen LogP contribution in [-0.2, 0) is 4.79 Å². The first-order valence-electron chi connectivity index (χ1n) is 7.76. The fourth-order valence-electron chi connectivity index (χ4n) is 3.31. The molecule has 2 N–H and O–H groups in total. The van der Waals surface area contributed by atoms with Crippen LogP contribution in [0.3, 0.4) is 0 Å². The molecule has 4 nitrogen and oxygen atoms in total. The van der Waals surface area contributed by atoms with Crippen molar-refractivity contribution in [3.63, 3.8) is 0 Å². The Labute approximate surface area is 117 Å². The molecule has 4 heteroatoms. The van der Waals surface area contributed by atoms with Crippen molar-refractivity contribution in [3.05, 3.63) is 0 Å². The number of hydrogen-bond donors (Lipinski definition) is 2. The minimum atomic E-state index is 0.0259. The van der Waals surface area contributed by atoms with Crippen molar-refractivity contribution in [2.24, 2.45) is 5.92 Å². The number of piperidine rings is 1. The molecule has 19 heavy (non-hydrogen) atoms. The number of rotatable bonds is 5. The van der Waals surface area contributed by atoms with Crippen LogP contribution in [0.15, 0.2) is 0 Å². The second-order valence-corrected chi connectivity index (χ2v) is 6.50. The normalized spacial score (nSPS) is 29.9. The van der Waals surface area contributed by atoms with Crippen LogP contribution in [-0.4, -0.2) is 49.6 Å². The lowest BCUT2D eigenvalue weighted by Gasteiger charge is -2.47. The Morgan fingerprint density at radius 3 is 2.68 bits per heavy atom. The summed E-state index contributed by atoms with van der Waals surface area (Å²) < 4.78 is 0. The average molecular weight is 267 g/mol. The summed E-state index contributed by atoms with van der Waals surface area (Å²) in [6.45, 7) is 4.00. The first-order valence-corrected chi connectivity index (χ1v) is 7.76. The van der Waals surface area contributed by atoms with Crippen LogP contribution in [0.5, 0.6) is 0 Å². The molecule has 0 spiro atoms. The van der Waals surface area contributed by atoms with E-state index in [9.17, 15) is 4.79 Å². The van der Waals surface area contributed by atoms with Gasteiger partial charge in [0, 0.05) is 12.1 Å². The summed E-state index contributed by atoms with van der Waals surface area (Å²) in [5, 5.41) is 6.54. The summed E-state index contributed by atoms with van der Waals surface area (Å²) in [6.07, 6.45) is 7.09. The maximum Gasteiger partial charge on any atom is 0.237 e. The standard InChI is InChI=1S/C15H29N3O/c1-4-12-6-9-16-13(10-12)14(19)17-11-15(18(2)3)7-5-8-15/h12-13,16H,4-11H2,1-3H3,(H,17,19). The maximum absolute atomic E-state index is 12.3. The monoisotopic (exact) mass is 267 g/mol. The van der Waals surface area contributed by atoms with Crippen LogP contribution in [0.25, 0.3) is 0 Å². The Kier molecular flexibility index (Phi) is 4.85. The van der Waals surface area contributed by atoms with Crippen molar-refractivity contribution >= 4 is 5.91 Å². The molecule has 1 amide bonds. The van der Waals surface area contributed by atoms with Crippen molar-refractivity contribution in [1.29, 1.82) is 0 Å². The van der Waals surface area contributed by atoms with Gasteiger partial charge in [0.25, 0.3) is 0 Å². The number of amides is 1. The second-order valence-electron chi connectivity index (χ2n) is 6.50. The van der Waals surface area contributed by atoms with E-state index in [0.29, 0.717) is 5.92 Å². The van der Waals surface area contributed by atoms with E-state index < -0.39 is 0 Å². The van der Waals surface area contributed by atoms with E-state index in [4.69, 9.17) is 0 Å². The zero-order chi connectivity index (χ0) is 13.9. The topological polar surface area (TPSA) is 44.4 Å². The molecular weight excluding hydrogens is 238 g/mol.